The summed E-state index contributed by atoms with van der Waals surface area (Å²) in [4.78, 5) is 0. The number of unbranched alkanes of at least 4 members (excludes halogenated alkanes) is 7. The molecule has 1 fully saturated rings. The summed E-state index contributed by atoms with van der Waals surface area (Å²) < 4.78 is 0. The average molecular weight is 239 g/mol. The molecule has 17 heavy (non-hydrogen) atoms. The van der Waals surface area contributed by atoms with Gasteiger partial charge in [0.05, 0.1) is 0 Å². The van der Waals surface area contributed by atoms with Crippen molar-refractivity contribution < 1.29 is 0 Å². The number of hydrogen-bond donors (Lipinski definition) is 1. The third kappa shape index (κ3) is 7.81. The Kier molecular flexibility index (Phi) is 8.78. The molecule has 0 aromatic heterocycles. The van der Waals surface area contributed by atoms with Gasteiger partial charge in [0.15, 0.2) is 0 Å². The first-order valence-electron chi connectivity index (χ1n) is 8.08. The SMILES string of the molecule is CCCCCCCCCCC1CCCC(N)C1. The maximum Gasteiger partial charge on any atom is 0.00414 e. The van der Waals surface area contributed by atoms with Crippen LogP contribution in [0.5, 0.6) is 0 Å². The van der Waals surface area contributed by atoms with Crippen LogP contribution in [0.15, 0.2) is 0 Å². The van der Waals surface area contributed by atoms with Crippen molar-refractivity contribution in [2.75, 3.05) is 0 Å². The molecule has 1 aliphatic rings. The van der Waals surface area contributed by atoms with E-state index in [0.717, 1.165) is 5.92 Å². The molecule has 0 heterocycles. The lowest BCUT2D eigenvalue weighted by Crippen LogP contribution is -2.27. The zero-order valence-electron chi connectivity index (χ0n) is 11.9. The van der Waals surface area contributed by atoms with Crippen LogP contribution in [0.4, 0.5) is 0 Å². The van der Waals surface area contributed by atoms with Gasteiger partial charge >= 0.3 is 0 Å². The van der Waals surface area contributed by atoms with Crippen molar-refractivity contribution in [3.8, 4) is 0 Å². The monoisotopic (exact) mass is 239 g/mol. The molecule has 102 valence electrons. The van der Waals surface area contributed by atoms with Crippen molar-refractivity contribution in [2.24, 2.45) is 11.7 Å². The van der Waals surface area contributed by atoms with Crippen LogP contribution >= 0.6 is 0 Å². The molecule has 0 spiro atoms. The van der Waals surface area contributed by atoms with Gasteiger partial charge in [0, 0.05) is 6.04 Å². The maximum absolute atomic E-state index is 6.02. The Morgan fingerprint density at radius 3 is 2.18 bits per heavy atom. The van der Waals surface area contributed by atoms with Gasteiger partial charge in [-0.1, -0.05) is 77.6 Å². The largest absolute Gasteiger partial charge is 0.328 e. The van der Waals surface area contributed by atoms with E-state index in [1.807, 2.05) is 0 Å². The van der Waals surface area contributed by atoms with Crippen molar-refractivity contribution in [1.29, 1.82) is 0 Å². The summed E-state index contributed by atoms with van der Waals surface area (Å²) in [7, 11) is 0. The minimum atomic E-state index is 0.516. The van der Waals surface area contributed by atoms with Gasteiger partial charge in [0.2, 0.25) is 0 Å². The summed E-state index contributed by atoms with van der Waals surface area (Å²) in [5, 5.41) is 0. The molecule has 2 N–H and O–H groups in total. The molecule has 2 atom stereocenters. The van der Waals surface area contributed by atoms with Gasteiger partial charge in [-0.15, -0.1) is 0 Å². The van der Waals surface area contributed by atoms with Crippen LogP contribution in [-0.2, 0) is 0 Å². The number of hydrogen-bond acceptors (Lipinski definition) is 1. The van der Waals surface area contributed by atoms with Crippen LogP contribution in [0.25, 0.3) is 0 Å². The van der Waals surface area contributed by atoms with Crippen molar-refractivity contribution >= 4 is 0 Å². The highest BCUT2D eigenvalue weighted by Gasteiger charge is 2.18. The fraction of sp³-hybridized carbons (Fsp3) is 1.00. The minimum Gasteiger partial charge on any atom is -0.328 e. The standard InChI is InChI=1S/C16H33N/c1-2-3-4-5-6-7-8-9-11-15-12-10-13-16(17)14-15/h15-16H,2-14,17H2,1H3. The predicted molar refractivity (Wildman–Crippen MR) is 77.2 cm³/mol. The average Bonchev–Trinajstić information content (AvgIpc) is 2.33. The predicted octanol–water partition coefficient (Wildman–Crippen LogP) is 5.03. The quantitative estimate of drug-likeness (QED) is 0.561. The summed E-state index contributed by atoms with van der Waals surface area (Å²) >= 11 is 0. The first-order chi connectivity index (χ1) is 8.33. The summed E-state index contributed by atoms with van der Waals surface area (Å²) in [6.45, 7) is 2.29. The summed E-state index contributed by atoms with van der Waals surface area (Å²) in [6, 6.07) is 0.516. The lowest BCUT2D eigenvalue weighted by Gasteiger charge is -2.26. The van der Waals surface area contributed by atoms with E-state index in [1.165, 1.54) is 83.5 Å². The topological polar surface area (TPSA) is 26.0 Å². The van der Waals surface area contributed by atoms with Crippen LogP contribution in [0.3, 0.4) is 0 Å². The number of rotatable bonds is 9. The van der Waals surface area contributed by atoms with Gasteiger partial charge in [-0.3, -0.25) is 0 Å². The summed E-state index contributed by atoms with van der Waals surface area (Å²) in [6.07, 6.45) is 18.4. The van der Waals surface area contributed by atoms with Crippen molar-refractivity contribution in [3.05, 3.63) is 0 Å². The van der Waals surface area contributed by atoms with Crippen molar-refractivity contribution in [1.82, 2.24) is 0 Å². The Bertz CT molecular complexity index is 167. The zero-order valence-corrected chi connectivity index (χ0v) is 11.9. The molecule has 1 heteroatoms. The number of nitrogens with two attached hydrogens (primary N) is 1. The third-order valence-electron chi connectivity index (χ3n) is 4.29. The highest BCUT2D eigenvalue weighted by molar-refractivity contribution is 4.74. The second-order valence-corrected chi connectivity index (χ2v) is 6.06. The summed E-state index contributed by atoms with van der Waals surface area (Å²) in [5.41, 5.74) is 6.02. The van der Waals surface area contributed by atoms with E-state index >= 15 is 0 Å². The van der Waals surface area contributed by atoms with E-state index in [-0.39, 0.29) is 0 Å². The van der Waals surface area contributed by atoms with E-state index in [0.29, 0.717) is 6.04 Å². The highest BCUT2D eigenvalue weighted by atomic mass is 14.6. The fourth-order valence-corrected chi connectivity index (χ4v) is 3.16. The van der Waals surface area contributed by atoms with Gasteiger partial charge in [-0.2, -0.15) is 0 Å². The smallest absolute Gasteiger partial charge is 0.00414 e. The van der Waals surface area contributed by atoms with E-state index in [2.05, 4.69) is 6.92 Å². The molecular weight excluding hydrogens is 206 g/mol. The third-order valence-corrected chi connectivity index (χ3v) is 4.29. The molecule has 0 aliphatic heterocycles. The van der Waals surface area contributed by atoms with Crippen LogP contribution in [0, 0.1) is 5.92 Å². The lowest BCUT2D eigenvalue weighted by molar-refractivity contribution is 0.298. The first kappa shape index (κ1) is 15.0. The molecule has 0 bridgehead atoms. The second-order valence-electron chi connectivity index (χ2n) is 6.06. The van der Waals surface area contributed by atoms with Gasteiger partial charge < -0.3 is 5.73 Å². The molecule has 1 saturated carbocycles. The van der Waals surface area contributed by atoms with Crippen LogP contribution in [0.1, 0.15) is 90.4 Å². The maximum atomic E-state index is 6.02. The Hall–Kier alpha value is -0.0400. The van der Waals surface area contributed by atoms with Crippen molar-refractivity contribution in [2.45, 2.75) is 96.4 Å². The van der Waals surface area contributed by atoms with Crippen molar-refractivity contribution in [3.63, 3.8) is 0 Å². The van der Waals surface area contributed by atoms with E-state index in [9.17, 15) is 0 Å². The van der Waals surface area contributed by atoms with Gasteiger partial charge in [0.1, 0.15) is 0 Å². The minimum absolute atomic E-state index is 0.516. The zero-order chi connectivity index (χ0) is 12.3. The highest BCUT2D eigenvalue weighted by Crippen LogP contribution is 2.27. The molecule has 1 aliphatic carbocycles. The van der Waals surface area contributed by atoms with Crippen LogP contribution < -0.4 is 5.73 Å². The Morgan fingerprint density at radius 2 is 1.53 bits per heavy atom. The Labute approximate surface area is 109 Å². The Balaban J connectivity index is 1.83. The summed E-state index contributed by atoms with van der Waals surface area (Å²) in [5.74, 6) is 0.957. The molecule has 0 amide bonds. The second kappa shape index (κ2) is 9.94. The van der Waals surface area contributed by atoms with Crippen LogP contribution in [0.2, 0.25) is 0 Å². The lowest BCUT2D eigenvalue weighted by atomic mass is 9.83. The Morgan fingerprint density at radius 1 is 0.882 bits per heavy atom. The van der Waals surface area contributed by atoms with Gasteiger partial charge in [-0.05, 0) is 18.8 Å². The molecular formula is C16H33N. The molecule has 0 aromatic rings. The van der Waals surface area contributed by atoms with Crippen LogP contribution in [-0.4, -0.2) is 6.04 Å². The molecule has 1 nitrogen and oxygen atoms in total. The normalized spacial score (nSPS) is 25.1. The molecule has 1 rings (SSSR count). The molecule has 2 unspecified atom stereocenters. The van der Waals surface area contributed by atoms with E-state index in [4.69, 9.17) is 5.73 Å². The fourth-order valence-electron chi connectivity index (χ4n) is 3.16. The molecule has 0 saturated heterocycles. The van der Waals surface area contributed by atoms with Gasteiger partial charge in [0.25, 0.3) is 0 Å². The van der Waals surface area contributed by atoms with E-state index in [1.54, 1.807) is 0 Å². The molecule has 0 radical (unpaired) electrons. The molecule has 0 aromatic carbocycles. The van der Waals surface area contributed by atoms with E-state index < -0.39 is 0 Å². The van der Waals surface area contributed by atoms with Gasteiger partial charge in [-0.25, -0.2) is 0 Å². The first-order valence-corrected chi connectivity index (χ1v) is 8.08.